The second-order valence-electron chi connectivity index (χ2n) is 4.49. The monoisotopic (exact) mass is 425 g/mol. The summed E-state index contributed by atoms with van der Waals surface area (Å²) in [5.41, 5.74) is 0.993. The molecule has 1 aliphatic rings. The van der Waals surface area contributed by atoms with Gasteiger partial charge in [0.1, 0.15) is 11.6 Å². The second-order valence-corrected chi connectivity index (χ2v) is 8.02. The molecule has 0 amide bonds. The molecule has 1 N–H and O–H groups in total. The summed E-state index contributed by atoms with van der Waals surface area (Å²) in [6.07, 6.45) is 1.09. The summed E-state index contributed by atoms with van der Waals surface area (Å²) >= 11 is 6.27. The number of thioether (sulfide) groups is 2. The van der Waals surface area contributed by atoms with Gasteiger partial charge in [-0.1, -0.05) is 6.92 Å². The van der Waals surface area contributed by atoms with Crippen molar-refractivity contribution in [2.24, 2.45) is 0 Å². The van der Waals surface area contributed by atoms with Gasteiger partial charge in [0, 0.05) is 30.9 Å². The van der Waals surface area contributed by atoms with E-state index in [1.54, 1.807) is 7.11 Å². The third kappa shape index (κ3) is 4.38. The summed E-state index contributed by atoms with van der Waals surface area (Å²) < 4.78 is 6.35. The normalized spacial score (nSPS) is 19.1. The lowest BCUT2D eigenvalue weighted by molar-refractivity contribution is 0.180. The van der Waals surface area contributed by atoms with Crippen molar-refractivity contribution in [2.45, 2.75) is 25.2 Å². The van der Waals surface area contributed by atoms with Crippen LogP contribution in [0.4, 0.5) is 5.82 Å². The summed E-state index contributed by atoms with van der Waals surface area (Å²) in [6, 6.07) is 0. The second kappa shape index (κ2) is 8.65. The summed E-state index contributed by atoms with van der Waals surface area (Å²) in [7, 11) is 1.71. The minimum Gasteiger partial charge on any atom is -0.378 e. The Kier molecular flexibility index (Phi) is 7.20. The van der Waals surface area contributed by atoms with Gasteiger partial charge in [0.15, 0.2) is 0 Å². The third-order valence-electron chi connectivity index (χ3n) is 2.86. The molecule has 0 aromatic carbocycles. The third-order valence-corrected chi connectivity index (χ3v) is 6.75. The molecule has 1 atom stereocenters. The Labute approximate surface area is 142 Å². The molecule has 4 nitrogen and oxygen atoms in total. The average Bonchev–Trinajstić information content (AvgIpc) is 2.49. The van der Waals surface area contributed by atoms with Crippen LogP contribution in [0.15, 0.2) is 0 Å². The molecular weight excluding hydrogens is 405 g/mol. The van der Waals surface area contributed by atoms with Gasteiger partial charge in [0.05, 0.1) is 21.1 Å². The Hall–Kier alpha value is 0.270. The van der Waals surface area contributed by atoms with Gasteiger partial charge in [0.25, 0.3) is 0 Å². The number of nitrogens with zero attached hydrogens (tertiary/aromatic N) is 2. The first kappa shape index (κ1) is 16.6. The van der Waals surface area contributed by atoms with E-state index < -0.39 is 0 Å². The van der Waals surface area contributed by atoms with Crippen LogP contribution in [0.3, 0.4) is 0 Å². The highest BCUT2D eigenvalue weighted by molar-refractivity contribution is 14.1. The number of anilines is 1. The van der Waals surface area contributed by atoms with Crippen LogP contribution in [0, 0.1) is 3.57 Å². The SMILES string of the molecule is CCCNc1nc(C2CSCCS2)nc(COC)c1I. The highest BCUT2D eigenvalue weighted by Crippen LogP contribution is 2.36. The van der Waals surface area contributed by atoms with Crippen LogP contribution in [0.25, 0.3) is 0 Å². The Morgan fingerprint density at radius 2 is 2.25 bits per heavy atom. The highest BCUT2D eigenvalue weighted by Gasteiger charge is 2.22. The molecule has 112 valence electrons. The molecule has 1 saturated heterocycles. The zero-order valence-corrected chi connectivity index (χ0v) is 15.6. The molecule has 0 aliphatic carbocycles. The Bertz CT molecular complexity index is 442. The van der Waals surface area contributed by atoms with E-state index in [0.717, 1.165) is 39.6 Å². The molecule has 0 radical (unpaired) electrons. The highest BCUT2D eigenvalue weighted by atomic mass is 127. The van der Waals surface area contributed by atoms with Crippen molar-refractivity contribution >= 4 is 51.9 Å². The largest absolute Gasteiger partial charge is 0.378 e. The van der Waals surface area contributed by atoms with E-state index in [1.807, 2.05) is 23.5 Å². The first-order valence-electron chi connectivity index (χ1n) is 6.74. The number of aromatic nitrogens is 2. The van der Waals surface area contributed by atoms with Crippen molar-refractivity contribution in [3.8, 4) is 0 Å². The fraction of sp³-hybridized carbons (Fsp3) is 0.692. The smallest absolute Gasteiger partial charge is 0.144 e. The molecular formula is C13H20IN3OS2. The van der Waals surface area contributed by atoms with Gasteiger partial charge in [-0.3, -0.25) is 0 Å². The van der Waals surface area contributed by atoms with E-state index in [4.69, 9.17) is 14.7 Å². The average molecular weight is 425 g/mol. The first-order valence-corrected chi connectivity index (χ1v) is 10.0. The standard InChI is InChI=1S/C13H20IN3OS2/c1-3-4-15-13-11(14)9(7-18-2)16-12(17-13)10-8-19-5-6-20-10/h10H,3-8H2,1-2H3,(H,15,16,17). The van der Waals surface area contributed by atoms with Crippen molar-refractivity contribution in [2.75, 3.05) is 36.2 Å². The maximum atomic E-state index is 5.28. The van der Waals surface area contributed by atoms with Crippen molar-refractivity contribution in [3.05, 3.63) is 15.1 Å². The lowest BCUT2D eigenvalue weighted by atomic mass is 10.3. The fourth-order valence-corrected chi connectivity index (χ4v) is 5.07. The summed E-state index contributed by atoms with van der Waals surface area (Å²) in [5.74, 6) is 5.43. The van der Waals surface area contributed by atoms with E-state index in [2.05, 4.69) is 34.8 Å². The molecule has 1 unspecified atom stereocenters. The van der Waals surface area contributed by atoms with Gasteiger partial charge in [-0.25, -0.2) is 9.97 Å². The number of rotatable bonds is 6. The van der Waals surface area contributed by atoms with Crippen LogP contribution in [0.5, 0.6) is 0 Å². The Morgan fingerprint density at radius 3 is 2.90 bits per heavy atom. The minimum absolute atomic E-state index is 0.406. The number of hydrogen-bond donors (Lipinski definition) is 1. The van der Waals surface area contributed by atoms with E-state index in [1.165, 1.54) is 11.5 Å². The Morgan fingerprint density at radius 1 is 1.40 bits per heavy atom. The molecule has 1 fully saturated rings. The molecule has 1 aliphatic heterocycles. The molecule has 0 bridgehead atoms. The van der Waals surface area contributed by atoms with Gasteiger partial charge in [-0.05, 0) is 29.0 Å². The molecule has 7 heteroatoms. The van der Waals surface area contributed by atoms with E-state index >= 15 is 0 Å². The van der Waals surface area contributed by atoms with Gasteiger partial charge >= 0.3 is 0 Å². The van der Waals surface area contributed by atoms with Gasteiger partial charge < -0.3 is 10.1 Å². The van der Waals surface area contributed by atoms with Crippen molar-refractivity contribution < 1.29 is 4.74 Å². The van der Waals surface area contributed by atoms with E-state index in [0.29, 0.717) is 11.9 Å². The summed E-state index contributed by atoms with van der Waals surface area (Å²) in [4.78, 5) is 9.49. The maximum absolute atomic E-state index is 5.28. The minimum atomic E-state index is 0.406. The van der Waals surface area contributed by atoms with Crippen LogP contribution in [0.2, 0.25) is 0 Å². The summed E-state index contributed by atoms with van der Waals surface area (Å²) in [6.45, 7) is 3.64. The zero-order valence-electron chi connectivity index (χ0n) is 11.8. The number of halogens is 1. The Balaban J connectivity index is 2.27. The first-order chi connectivity index (χ1) is 9.76. The topological polar surface area (TPSA) is 47.0 Å². The summed E-state index contributed by atoms with van der Waals surface area (Å²) in [5, 5.41) is 3.82. The number of ether oxygens (including phenoxy) is 1. The van der Waals surface area contributed by atoms with Crippen LogP contribution in [-0.2, 0) is 11.3 Å². The maximum Gasteiger partial charge on any atom is 0.144 e. The molecule has 0 spiro atoms. The van der Waals surface area contributed by atoms with E-state index in [9.17, 15) is 0 Å². The van der Waals surface area contributed by atoms with Crippen LogP contribution >= 0.6 is 46.1 Å². The van der Waals surface area contributed by atoms with Crippen molar-refractivity contribution in [1.82, 2.24) is 9.97 Å². The predicted molar refractivity (Wildman–Crippen MR) is 96.8 cm³/mol. The molecule has 2 heterocycles. The zero-order chi connectivity index (χ0) is 14.4. The molecule has 0 saturated carbocycles. The molecule has 1 aromatic rings. The van der Waals surface area contributed by atoms with Gasteiger partial charge in [-0.2, -0.15) is 11.8 Å². The van der Waals surface area contributed by atoms with Crippen LogP contribution in [-0.4, -0.2) is 40.9 Å². The molecule has 2 rings (SSSR count). The van der Waals surface area contributed by atoms with Crippen molar-refractivity contribution in [3.63, 3.8) is 0 Å². The van der Waals surface area contributed by atoms with Crippen LogP contribution < -0.4 is 5.32 Å². The molecule has 20 heavy (non-hydrogen) atoms. The predicted octanol–water partition coefficient (Wildman–Crippen LogP) is 3.57. The van der Waals surface area contributed by atoms with E-state index in [-0.39, 0.29) is 0 Å². The lowest BCUT2D eigenvalue weighted by Crippen LogP contribution is -2.15. The van der Waals surface area contributed by atoms with Gasteiger partial charge in [0.2, 0.25) is 0 Å². The number of hydrogen-bond acceptors (Lipinski definition) is 6. The van der Waals surface area contributed by atoms with Crippen molar-refractivity contribution in [1.29, 1.82) is 0 Å². The van der Waals surface area contributed by atoms with Crippen LogP contribution in [0.1, 0.15) is 30.1 Å². The quantitative estimate of drug-likeness (QED) is 0.704. The number of nitrogens with one attached hydrogen (secondary N) is 1. The van der Waals surface area contributed by atoms with Gasteiger partial charge in [-0.15, -0.1) is 11.8 Å². The lowest BCUT2D eigenvalue weighted by Gasteiger charge is -2.21. The molecule has 1 aromatic heterocycles. The number of methoxy groups -OCH3 is 1. The fourth-order valence-electron chi connectivity index (χ4n) is 1.89.